The summed E-state index contributed by atoms with van der Waals surface area (Å²) < 4.78 is 0. The first-order chi connectivity index (χ1) is 12.4. The maximum atomic E-state index is 5.58. The fourth-order valence-corrected chi connectivity index (χ4v) is 3.45. The molecule has 3 nitrogen and oxygen atoms in total. The van der Waals surface area contributed by atoms with Gasteiger partial charge in [-0.25, -0.2) is 0 Å². The normalized spacial score (nSPS) is 17.2. The summed E-state index contributed by atoms with van der Waals surface area (Å²) in [5, 5.41) is 3.42. The van der Waals surface area contributed by atoms with Crippen molar-refractivity contribution in [1.82, 2.24) is 5.32 Å². The lowest BCUT2D eigenvalue weighted by molar-refractivity contribution is 0.540. The second-order valence-corrected chi connectivity index (χ2v) is 7.58. The van der Waals surface area contributed by atoms with Crippen molar-refractivity contribution in [2.24, 2.45) is 10.7 Å². The number of rotatable bonds is 17. The van der Waals surface area contributed by atoms with E-state index < -0.39 is 0 Å². The van der Waals surface area contributed by atoms with Crippen LogP contribution in [0.4, 0.5) is 0 Å². The number of aliphatic imine (C=N–C) groups is 1. The van der Waals surface area contributed by atoms with Crippen LogP contribution in [0.25, 0.3) is 0 Å². The number of amidine groups is 1. The zero-order valence-corrected chi connectivity index (χ0v) is 16.8. The van der Waals surface area contributed by atoms with Crippen molar-refractivity contribution in [2.75, 3.05) is 13.1 Å². The molecule has 3 heteroatoms. The van der Waals surface area contributed by atoms with Crippen LogP contribution < -0.4 is 11.1 Å². The van der Waals surface area contributed by atoms with Crippen LogP contribution in [0.3, 0.4) is 0 Å². The second-order valence-electron chi connectivity index (χ2n) is 7.58. The summed E-state index contributed by atoms with van der Waals surface area (Å²) in [5.41, 5.74) is 5.58. The van der Waals surface area contributed by atoms with Crippen LogP contribution in [0.15, 0.2) is 17.1 Å². The lowest BCUT2D eigenvalue weighted by Crippen LogP contribution is -2.31. The molecule has 1 rings (SSSR count). The Labute approximate surface area is 156 Å². The van der Waals surface area contributed by atoms with E-state index in [1.165, 1.54) is 89.9 Å². The van der Waals surface area contributed by atoms with Gasteiger partial charge in [-0.2, -0.15) is 0 Å². The molecular formula is C22H43N3. The smallest absolute Gasteiger partial charge is 0.120 e. The Morgan fingerprint density at radius 2 is 1.48 bits per heavy atom. The molecule has 0 fully saturated rings. The Balaban J connectivity index is 1.78. The molecule has 1 heterocycles. The minimum Gasteiger partial charge on any atom is -0.366 e. The number of nitrogens with zero attached hydrogens (tertiary/aromatic N) is 1. The fraction of sp³-hybridized carbons (Fsp3) is 0.864. The molecule has 1 aliphatic heterocycles. The van der Waals surface area contributed by atoms with E-state index >= 15 is 0 Å². The molecule has 25 heavy (non-hydrogen) atoms. The quantitative estimate of drug-likeness (QED) is 0.329. The molecule has 0 aliphatic carbocycles. The van der Waals surface area contributed by atoms with E-state index in [0.29, 0.717) is 6.04 Å². The number of nitrogens with two attached hydrogens (primary N) is 1. The second kappa shape index (κ2) is 16.6. The predicted octanol–water partition coefficient (Wildman–Crippen LogP) is 5.74. The van der Waals surface area contributed by atoms with E-state index in [1.54, 1.807) is 0 Å². The van der Waals surface area contributed by atoms with Crippen LogP contribution in [0.5, 0.6) is 0 Å². The van der Waals surface area contributed by atoms with Gasteiger partial charge in [-0.15, -0.1) is 0 Å². The minimum atomic E-state index is 0.459. The van der Waals surface area contributed by atoms with Crippen molar-refractivity contribution in [2.45, 2.75) is 109 Å². The van der Waals surface area contributed by atoms with Crippen LogP contribution in [-0.2, 0) is 0 Å². The highest BCUT2D eigenvalue weighted by Gasteiger charge is 2.13. The first-order valence-electron chi connectivity index (χ1n) is 11.0. The summed E-state index contributed by atoms with van der Waals surface area (Å²) in [6.45, 7) is 3.91. The first kappa shape index (κ1) is 22.2. The molecule has 0 spiro atoms. The molecule has 0 aromatic carbocycles. The average molecular weight is 350 g/mol. The molecule has 146 valence electrons. The molecule has 0 aromatic heterocycles. The van der Waals surface area contributed by atoms with Gasteiger partial charge >= 0.3 is 0 Å². The Hall–Kier alpha value is -0.830. The SMILES string of the molecule is CCCCCCCCCCCCCCCC=CC1=NCC(CCN)N1. The van der Waals surface area contributed by atoms with E-state index in [2.05, 4.69) is 29.4 Å². The van der Waals surface area contributed by atoms with Crippen molar-refractivity contribution >= 4 is 5.84 Å². The van der Waals surface area contributed by atoms with Crippen molar-refractivity contribution < 1.29 is 0 Å². The van der Waals surface area contributed by atoms with E-state index in [9.17, 15) is 0 Å². The van der Waals surface area contributed by atoms with Gasteiger partial charge in [-0.1, -0.05) is 90.0 Å². The molecule has 1 atom stereocenters. The van der Waals surface area contributed by atoms with Crippen LogP contribution in [-0.4, -0.2) is 25.0 Å². The largest absolute Gasteiger partial charge is 0.366 e. The summed E-state index contributed by atoms with van der Waals surface area (Å²) in [6, 6.07) is 0.459. The third-order valence-corrected chi connectivity index (χ3v) is 5.10. The predicted molar refractivity (Wildman–Crippen MR) is 112 cm³/mol. The molecule has 0 amide bonds. The molecule has 0 saturated heterocycles. The molecule has 1 unspecified atom stereocenters. The summed E-state index contributed by atoms with van der Waals surface area (Å²) in [6.07, 6.45) is 25.1. The van der Waals surface area contributed by atoms with Gasteiger partial charge in [-0.3, -0.25) is 4.99 Å². The third-order valence-electron chi connectivity index (χ3n) is 5.10. The van der Waals surface area contributed by atoms with Gasteiger partial charge in [0.15, 0.2) is 0 Å². The average Bonchev–Trinajstić information content (AvgIpc) is 3.06. The zero-order chi connectivity index (χ0) is 18.0. The van der Waals surface area contributed by atoms with Gasteiger partial charge in [0, 0.05) is 6.04 Å². The number of nitrogens with one attached hydrogen (secondary N) is 1. The lowest BCUT2D eigenvalue weighted by Gasteiger charge is -2.07. The van der Waals surface area contributed by atoms with E-state index in [-0.39, 0.29) is 0 Å². The monoisotopic (exact) mass is 349 g/mol. The van der Waals surface area contributed by atoms with Gasteiger partial charge < -0.3 is 11.1 Å². The van der Waals surface area contributed by atoms with E-state index in [4.69, 9.17) is 5.73 Å². The summed E-state index contributed by atoms with van der Waals surface area (Å²) in [7, 11) is 0. The maximum Gasteiger partial charge on any atom is 0.120 e. The van der Waals surface area contributed by atoms with Gasteiger partial charge in [0.2, 0.25) is 0 Å². The highest BCUT2D eigenvalue weighted by atomic mass is 15.1. The van der Waals surface area contributed by atoms with Crippen molar-refractivity contribution in [3.8, 4) is 0 Å². The molecule has 3 N–H and O–H groups in total. The van der Waals surface area contributed by atoms with Crippen LogP contribution >= 0.6 is 0 Å². The highest BCUT2D eigenvalue weighted by Crippen LogP contribution is 2.13. The highest BCUT2D eigenvalue weighted by molar-refractivity contribution is 5.94. The number of allylic oxidation sites excluding steroid dienone is 1. The van der Waals surface area contributed by atoms with Gasteiger partial charge in [0.05, 0.1) is 6.54 Å². The number of hydrogen-bond donors (Lipinski definition) is 2. The third kappa shape index (κ3) is 13.1. The van der Waals surface area contributed by atoms with Gasteiger partial charge in [0.25, 0.3) is 0 Å². The summed E-state index contributed by atoms with van der Waals surface area (Å²) in [5.74, 6) is 1.05. The van der Waals surface area contributed by atoms with E-state index in [0.717, 1.165) is 25.3 Å². The lowest BCUT2D eigenvalue weighted by atomic mass is 10.0. The van der Waals surface area contributed by atoms with Crippen LogP contribution in [0, 0.1) is 0 Å². The molecular weight excluding hydrogens is 306 g/mol. The maximum absolute atomic E-state index is 5.58. The Morgan fingerprint density at radius 1 is 0.920 bits per heavy atom. The topological polar surface area (TPSA) is 50.4 Å². The van der Waals surface area contributed by atoms with Gasteiger partial charge in [0.1, 0.15) is 5.84 Å². The Bertz CT molecular complexity index is 349. The summed E-state index contributed by atoms with van der Waals surface area (Å²) >= 11 is 0. The molecule has 0 saturated carbocycles. The number of hydrogen-bond acceptors (Lipinski definition) is 3. The fourth-order valence-electron chi connectivity index (χ4n) is 3.45. The van der Waals surface area contributed by atoms with E-state index in [1.807, 2.05) is 0 Å². The molecule has 1 aliphatic rings. The molecule has 0 radical (unpaired) electrons. The standard InChI is InChI=1S/C22H43N3/c1-2-3-4-5-6-7-8-9-10-11-12-13-14-15-16-17-22-24-20-21(25-22)18-19-23/h16-17,21H,2-15,18-20,23H2,1H3,(H,24,25). The van der Waals surface area contributed by atoms with Crippen LogP contribution in [0.1, 0.15) is 103 Å². The van der Waals surface area contributed by atoms with Gasteiger partial charge in [-0.05, 0) is 31.9 Å². The van der Waals surface area contributed by atoms with Crippen molar-refractivity contribution in [1.29, 1.82) is 0 Å². The number of unbranched alkanes of at least 4 members (excludes halogenated alkanes) is 13. The Morgan fingerprint density at radius 3 is 2.04 bits per heavy atom. The summed E-state index contributed by atoms with van der Waals surface area (Å²) in [4.78, 5) is 4.50. The molecule has 0 aromatic rings. The van der Waals surface area contributed by atoms with Crippen molar-refractivity contribution in [3.05, 3.63) is 12.2 Å². The zero-order valence-electron chi connectivity index (χ0n) is 16.8. The first-order valence-corrected chi connectivity index (χ1v) is 11.0. The Kier molecular flexibility index (Phi) is 14.8. The molecule has 0 bridgehead atoms. The van der Waals surface area contributed by atoms with Crippen molar-refractivity contribution in [3.63, 3.8) is 0 Å². The van der Waals surface area contributed by atoms with Crippen LogP contribution in [0.2, 0.25) is 0 Å². The minimum absolute atomic E-state index is 0.459.